The molecule has 1 amide bonds. The molecule has 118 valence electrons. The van der Waals surface area contributed by atoms with Gasteiger partial charge in [0.25, 0.3) is 5.91 Å². The van der Waals surface area contributed by atoms with Crippen molar-refractivity contribution in [3.8, 4) is 6.07 Å². The summed E-state index contributed by atoms with van der Waals surface area (Å²) in [4.78, 5) is 24.6. The van der Waals surface area contributed by atoms with Crippen LogP contribution in [0.2, 0.25) is 0 Å². The van der Waals surface area contributed by atoms with E-state index >= 15 is 0 Å². The second-order valence-corrected chi connectivity index (χ2v) is 5.88. The highest BCUT2D eigenvalue weighted by molar-refractivity contribution is 7.18. The molecule has 2 aromatic rings. The third-order valence-electron chi connectivity index (χ3n) is 3.34. The Bertz CT molecular complexity index is 803. The molecule has 0 aliphatic rings. The third kappa shape index (κ3) is 3.41. The minimum atomic E-state index is -0.483. The molecule has 1 aromatic heterocycles. The van der Waals surface area contributed by atoms with Crippen LogP contribution >= 0.6 is 11.3 Å². The first kappa shape index (κ1) is 16.7. The molecule has 23 heavy (non-hydrogen) atoms. The van der Waals surface area contributed by atoms with Crippen LogP contribution in [-0.2, 0) is 4.74 Å². The average Bonchev–Trinajstić information content (AvgIpc) is 2.83. The molecule has 0 aliphatic heterocycles. The monoisotopic (exact) mass is 328 g/mol. The number of esters is 1. The highest BCUT2D eigenvalue weighted by Crippen LogP contribution is 2.33. The molecule has 0 saturated heterocycles. The molecule has 0 fully saturated rings. The van der Waals surface area contributed by atoms with Gasteiger partial charge in [0.1, 0.15) is 15.9 Å². The fourth-order valence-corrected chi connectivity index (χ4v) is 3.17. The lowest BCUT2D eigenvalue weighted by molar-refractivity contribution is 0.0531. The summed E-state index contributed by atoms with van der Waals surface area (Å²) < 4.78 is 4.98. The second-order valence-electron chi connectivity index (χ2n) is 4.86. The Morgan fingerprint density at radius 3 is 2.61 bits per heavy atom. The van der Waals surface area contributed by atoms with Gasteiger partial charge in [-0.2, -0.15) is 5.26 Å². The average molecular weight is 328 g/mol. The standard InChI is InChI=1S/C17H16N2O3S/c1-4-22-17(21)14-11(3)13(9-18)16(23-14)19-15(20)12-8-6-5-7-10(12)2/h5-8H,4H2,1-3H3,(H,19,20). The van der Waals surface area contributed by atoms with Crippen molar-refractivity contribution >= 4 is 28.2 Å². The summed E-state index contributed by atoms with van der Waals surface area (Å²) in [5.41, 5.74) is 2.18. The van der Waals surface area contributed by atoms with Gasteiger partial charge in [-0.15, -0.1) is 11.3 Å². The topological polar surface area (TPSA) is 79.2 Å². The van der Waals surface area contributed by atoms with E-state index in [1.807, 2.05) is 25.1 Å². The van der Waals surface area contributed by atoms with Crippen molar-refractivity contribution in [1.29, 1.82) is 5.26 Å². The van der Waals surface area contributed by atoms with E-state index < -0.39 is 5.97 Å². The van der Waals surface area contributed by atoms with Crippen LogP contribution < -0.4 is 5.32 Å². The van der Waals surface area contributed by atoms with E-state index in [0.29, 0.717) is 26.6 Å². The van der Waals surface area contributed by atoms with Gasteiger partial charge in [0, 0.05) is 5.56 Å². The Kier molecular flexibility index (Phi) is 5.14. The van der Waals surface area contributed by atoms with Crippen LogP contribution in [0, 0.1) is 25.2 Å². The van der Waals surface area contributed by atoms with Crippen LogP contribution in [0.1, 0.15) is 43.6 Å². The van der Waals surface area contributed by atoms with Crippen LogP contribution in [-0.4, -0.2) is 18.5 Å². The molecule has 6 heteroatoms. The maximum atomic E-state index is 12.4. The predicted molar refractivity (Wildman–Crippen MR) is 88.9 cm³/mol. The Hall–Kier alpha value is -2.65. The van der Waals surface area contributed by atoms with Crippen LogP contribution in [0.5, 0.6) is 0 Å². The van der Waals surface area contributed by atoms with Crippen LogP contribution in [0.4, 0.5) is 5.00 Å². The quantitative estimate of drug-likeness (QED) is 0.869. The van der Waals surface area contributed by atoms with E-state index in [1.165, 1.54) is 0 Å². The Balaban J connectivity index is 2.35. The molecule has 0 atom stereocenters. The van der Waals surface area contributed by atoms with E-state index in [0.717, 1.165) is 16.9 Å². The number of rotatable bonds is 4. The van der Waals surface area contributed by atoms with Crippen LogP contribution in [0.15, 0.2) is 24.3 Å². The highest BCUT2D eigenvalue weighted by Gasteiger charge is 2.22. The SMILES string of the molecule is CCOC(=O)c1sc(NC(=O)c2ccccc2C)c(C#N)c1C. The minimum absolute atomic E-state index is 0.253. The van der Waals surface area contributed by atoms with E-state index in [1.54, 1.807) is 26.0 Å². The van der Waals surface area contributed by atoms with Gasteiger partial charge < -0.3 is 10.1 Å². The molecule has 1 N–H and O–H groups in total. The molecular weight excluding hydrogens is 312 g/mol. The van der Waals surface area contributed by atoms with Crippen molar-refractivity contribution in [3.05, 3.63) is 51.4 Å². The summed E-state index contributed by atoms with van der Waals surface area (Å²) in [6.45, 7) is 5.48. The summed E-state index contributed by atoms with van der Waals surface area (Å²) in [6, 6.07) is 9.21. The van der Waals surface area contributed by atoms with Crippen molar-refractivity contribution in [2.24, 2.45) is 0 Å². The Morgan fingerprint density at radius 1 is 1.30 bits per heavy atom. The first-order valence-electron chi connectivity index (χ1n) is 7.07. The molecule has 5 nitrogen and oxygen atoms in total. The molecule has 0 spiro atoms. The number of thiophene rings is 1. The highest BCUT2D eigenvalue weighted by atomic mass is 32.1. The van der Waals surface area contributed by atoms with Gasteiger partial charge in [0.05, 0.1) is 12.2 Å². The molecule has 0 saturated carbocycles. The van der Waals surface area contributed by atoms with Crippen molar-refractivity contribution in [1.82, 2.24) is 0 Å². The number of aryl methyl sites for hydroxylation is 1. The zero-order chi connectivity index (χ0) is 17.0. The van der Waals surface area contributed by atoms with Gasteiger partial charge in [-0.3, -0.25) is 4.79 Å². The normalized spacial score (nSPS) is 10.0. The maximum Gasteiger partial charge on any atom is 0.348 e. The molecule has 0 unspecified atom stereocenters. The molecule has 0 bridgehead atoms. The van der Waals surface area contributed by atoms with Crippen LogP contribution in [0.25, 0.3) is 0 Å². The van der Waals surface area contributed by atoms with Gasteiger partial charge in [-0.25, -0.2) is 4.79 Å². The van der Waals surface area contributed by atoms with Crippen molar-refractivity contribution < 1.29 is 14.3 Å². The number of amides is 1. The predicted octanol–water partition coefficient (Wildman–Crippen LogP) is 3.67. The molecular formula is C17H16N2O3S. The largest absolute Gasteiger partial charge is 0.462 e. The number of hydrogen-bond donors (Lipinski definition) is 1. The number of nitriles is 1. The zero-order valence-corrected chi connectivity index (χ0v) is 13.9. The van der Waals surface area contributed by atoms with Crippen molar-refractivity contribution in [3.63, 3.8) is 0 Å². The summed E-state index contributed by atoms with van der Waals surface area (Å²) in [5, 5.41) is 12.4. The lowest BCUT2D eigenvalue weighted by atomic mass is 10.1. The van der Waals surface area contributed by atoms with Crippen molar-refractivity contribution in [2.75, 3.05) is 11.9 Å². The van der Waals surface area contributed by atoms with E-state index in [2.05, 4.69) is 5.32 Å². The number of nitrogens with zero attached hydrogens (tertiary/aromatic N) is 1. The number of carbonyl (C=O) groups is 2. The number of benzene rings is 1. The lowest BCUT2D eigenvalue weighted by Gasteiger charge is -2.06. The Labute approximate surface area is 138 Å². The summed E-state index contributed by atoms with van der Waals surface area (Å²) in [5.74, 6) is -0.792. The third-order valence-corrected chi connectivity index (χ3v) is 4.52. The number of ether oxygens (including phenoxy) is 1. The summed E-state index contributed by atoms with van der Waals surface area (Å²) in [6.07, 6.45) is 0. The number of anilines is 1. The number of carbonyl (C=O) groups excluding carboxylic acids is 2. The van der Waals surface area contributed by atoms with Gasteiger partial charge in [0.15, 0.2) is 0 Å². The second kappa shape index (κ2) is 7.07. The fraction of sp³-hybridized carbons (Fsp3) is 0.235. The van der Waals surface area contributed by atoms with Gasteiger partial charge in [0.2, 0.25) is 0 Å². The van der Waals surface area contributed by atoms with E-state index in [4.69, 9.17) is 4.74 Å². The molecule has 2 rings (SSSR count). The van der Waals surface area contributed by atoms with E-state index in [-0.39, 0.29) is 12.5 Å². The fourth-order valence-electron chi connectivity index (χ4n) is 2.13. The lowest BCUT2D eigenvalue weighted by Crippen LogP contribution is -2.13. The summed E-state index contributed by atoms with van der Waals surface area (Å²) in [7, 11) is 0. The zero-order valence-electron chi connectivity index (χ0n) is 13.1. The van der Waals surface area contributed by atoms with Gasteiger partial charge in [-0.1, -0.05) is 18.2 Å². The smallest absolute Gasteiger partial charge is 0.348 e. The first-order chi connectivity index (χ1) is 11.0. The van der Waals surface area contributed by atoms with E-state index in [9.17, 15) is 14.9 Å². The van der Waals surface area contributed by atoms with Crippen LogP contribution in [0.3, 0.4) is 0 Å². The Morgan fingerprint density at radius 2 is 2.00 bits per heavy atom. The molecule has 1 aromatic carbocycles. The molecule has 0 radical (unpaired) electrons. The first-order valence-corrected chi connectivity index (χ1v) is 7.88. The minimum Gasteiger partial charge on any atom is -0.462 e. The number of hydrogen-bond acceptors (Lipinski definition) is 5. The molecule has 0 aliphatic carbocycles. The molecule has 1 heterocycles. The van der Waals surface area contributed by atoms with Gasteiger partial charge >= 0.3 is 5.97 Å². The van der Waals surface area contributed by atoms with Crippen molar-refractivity contribution in [2.45, 2.75) is 20.8 Å². The van der Waals surface area contributed by atoms with Gasteiger partial charge in [-0.05, 0) is 38.0 Å². The maximum absolute atomic E-state index is 12.4. The number of nitrogens with one attached hydrogen (secondary N) is 1. The summed E-state index contributed by atoms with van der Waals surface area (Å²) >= 11 is 1.06.